The molecular weight excluding hydrogens is 333 g/mol. The summed E-state index contributed by atoms with van der Waals surface area (Å²) in [6, 6.07) is 20.1. The normalized spacial score (nSPS) is 11.0. The van der Waals surface area contributed by atoms with Gasteiger partial charge in [-0.25, -0.2) is 0 Å². The van der Waals surface area contributed by atoms with Crippen molar-refractivity contribution >= 4 is 19.5 Å². The molecule has 25 heavy (non-hydrogen) atoms. The van der Waals surface area contributed by atoms with E-state index in [0.29, 0.717) is 19.8 Å². The van der Waals surface area contributed by atoms with Gasteiger partial charge >= 0.3 is 8.09 Å². The van der Waals surface area contributed by atoms with E-state index in [9.17, 15) is 0 Å². The van der Waals surface area contributed by atoms with Gasteiger partial charge in [-0.1, -0.05) is 60.7 Å². The van der Waals surface area contributed by atoms with Crippen LogP contribution in [0.3, 0.4) is 0 Å². The van der Waals surface area contributed by atoms with Crippen LogP contribution in [0, 0.1) is 0 Å². The molecule has 0 aliphatic carbocycles. The van der Waals surface area contributed by atoms with E-state index in [-0.39, 0.29) is 0 Å². The maximum atomic E-state index is 5.76. The number of benzene rings is 2. The van der Waals surface area contributed by atoms with Gasteiger partial charge in [0.25, 0.3) is 0 Å². The summed E-state index contributed by atoms with van der Waals surface area (Å²) in [5.74, 6) is 3.16. The summed E-state index contributed by atoms with van der Waals surface area (Å²) in [7, 11) is -2.80. The van der Waals surface area contributed by atoms with Gasteiger partial charge in [0.05, 0.1) is 25.4 Å². The number of rotatable bonds is 9. The second kappa shape index (κ2) is 10.2. The van der Waals surface area contributed by atoms with Crippen LogP contribution in [0.1, 0.15) is 31.9 Å². The highest BCUT2D eigenvalue weighted by Gasteiger charge is 2.46. The zero-order valence-electron chi connectivity index (χ0n) is 15.0. The summed E-state index contributed by atoms with van der Waals surface area (Å²) < 4.78 is 21.8. The van der Waals surface area contributed by atoms with Crippen LogP contribution in [-0.4, -0.2) is 25.7 Å². The van der Waals surface area contributed by atoms with Crippen LogP contribution in [-0.2, 0) is 13.6 Å². The highest BCUT2D eigenvalue weighted by molar-refractivity contribution is 7.60. The van der Waals surface area contributed by atoms with Crippen molar-refractivity contribution in [3.8, 4) is 0 Å². The van der Waals surface area contributed by atoms with Crippen molar-refractivity contribution in [1.82, 2.24) is 0 Å². The van der Waals surface area contributed by atoms with Crippen molar-refractivity contribution in [2.24, 2.45) is 4.76 Å². The first-order chi connectivity index (χ1) is 12.2. The summed E-state index contributed by atoms with van der Waals surface area (Å²) in [5, 5.41) is 0. The van der Waals surface area contributed by atoms with Gasteiger partial charge in [0.2, 0.25) is 0 Å². The average Bonchev–Trinajstić information content (AvgIpc) is 2.64. The van der Waals surface area contributed by atoms with Crippen LogP contribution in [0.5, 0.6) is 0 Å². The molecule has 2 aromatic rings. The van der Waals surface area contributed by atoms with Crippen LogP contribution in [0.15, 0.2) is 65.4 Å². The Labute approximate surface area is 150 Å². The molecule has 2 aromatic carbocycles. The fourth-order valence-corrected chi connectivity index (χ4v) is 3.90. The molecule has 0 atom stereocenters. The lowest BCUT2D eigenvalue weighted by molar-refractivity contribution is 0.152. The maximum absolute atomic E-state index is 5.76. The predicted molar refractivity (Wildman–Crippen MR) is 105 cm³/mol. The van der Waals surface area contributed by atoms with E-state index in [0.717, 1.165) is 16.7 Å². The molecule has 132 valence electrons. The van der Waals surface area contributed by atoms with Gasteiger partial charge in [-0.2, -0.15) is 13.6 Å². The van der Waals surface area contributed by atoms with Gasteiger partial charge in [0, 0.05) is 10.6 Å². The molecule has 0 fully saturated rings. The summed E-state index contributed by atoms with van der Waals surface area (Å²) >= 11 is 0. The quantitative estimate of drug-likeness (QED) is 0.434. The molecule has 0 radical (unpaired) electrons. The minimum atomic E-state index is -2.80. The lowest BCUT2D eigenvalue weighted by atomic mass is 10.00. The zero-order chi connectivity index (χ0) is 18.0. The number of hydrogen-bond donors (Lipinski definition) is 0. The van der Waals surface area contributed by atoms with E-state index < -0.39 is 8.09 Å². The highest BCUT2D eigenvalue weighted by atomic mass is 31.2. The molecule has 2 rings (SSSR count). The predicted octanol–water partition coefficient (Wildman–Crippen LogP) is 5.58. The molecule has 0 amide bonds. The van der Waals surface area contributed by atoms with Gasteiger partial charge in [-0.05, 0) is 31.9 Å². The Kier molecular flexibility index (Phi) is 8.00. The number of hydrogen-bond acceptors (Lipinski definition) is 4. The monoisotopic (exact) mass is 358 g/mol. The Hall–Kier alpha value is -1.80. The Bertz CT molecular complexity index is 639. The van der Waals surface area contributed by atoms with Crippen molar-refractivity contribution < 1.29 is 13.6 Å². The smallest absolute Gasteiger partial charge is 0.157 e. The fraction of sp³-hybridized carbons (Fsp3) is 0.300. The third-order valence-corrected chi connectivity index (χ3v) is 5.38. The Morgan fingerprint density at radius 3 is 1.52 bits per heavy atom. The van der Waals surface area contributed by atoms with Gasteiger partial charge in [0.15, 0.2) is 0 Å². The van der Waals surface area contributed by atoms with Crippen LogP contribution in [0.2, 0.25) is 0 Å². The fourth-order valence-electron chi connectivity index (χ4n) is 2.30. The summed E-state index contributed by atoms with van der Waals surface area (Å²) in [6.07, 6.45) is 0. The van der Waals surface area contributed by atoms with E-state index in [1.54, 1.807) is 0 Å². The first kappa shape index (κ1) is 19.5. The SMILES string of the molecule is CCO[P+](N=C=C(c1ccccc1)c1ccccc1)(OCC)OCC. The second-order valence-electron chi connectivity index (χ2n) is 5.04. The lowest BCUT2D eigenvalue weighted by Crippen LogP contribution is -2.05. The lowest BCUT2D eigenvalue weighted by Gasteiger charge is -2.13. The van der Waals surface area contributed by atoms with Crippen LogP contribution in [0.4, 0.5) is 0 Å². The highest BCUT2D eigenvalue weighted by Crippen LogP contribution is 2.63. The summed E-state index contributed by atoms with van der Waals surface area (Å²) in [6.45, 7) is 7.10. The van der Waals surface area contributed by atoms with Gasteiger partial charge in [-0.3, -0.25) is 0 Å². The molecule has 4 nitrogen and oxygen atoms in total. The standard InChI is InChI=1S/C20H25NO3P/c1-4-22-25(23-5-2,24-6-3)21-17-20(18-13-9-7-10-14-18)19-15-11-8-12-16-19/h7-16H,4-6H2,1-3H3/q+1. The first-order valence-electron chi connectivity index (χ1n) is 8.53. The molecule has 0 bridgehead atoms. The van der Waals surface area contributed by atoms with E-state index in [1.165, 1.54) is 0 Å². The Balaban J connectivity index is 2.55. The minimum Gasteiger partial charge on any atom is -0.157 e. The van der Waals surface area contributed by atoms with Crippen molar-refractivity contribution in [2.75, 3.05) is 19.8 Å². The van der Waals surface area contributed by atoms with Gasteiger partial charge in [0.1, 0.15) is 0 Å². The van der Waals surface area contributed by atoms with E-state index >= 15 is 0 Å². The summed E-state index contributed by atoms with van der Waals surface area (Å²) in [5.41, 5.74) is 2.93. The topological polar surface area (TPSA) is 40.0 Å². The molecule has 0 aliphatic heterocycles. The zero-order valence-corrected chi connectivity index (χ0v) is 15.9. The molecule has 0 unspecified atom stereocenters. The molecule has 5 heteroatoms. The third-order valence-electron chi connectivity index (χ3n) is 3.29. The van der Waals surface area contributed by atoms with Crippen molar-refractivity contribution in [1.29, 1.82) is 0 Å². The third kappa shape index (κ3) is 5.61. The van der Waals surface area contributed by atoms with Crippen molar-refractivity contribution in [3.05, 3.63) is 71.8 Å². The molecule has 0 aliphatic rings. The molecular formula is C20H25NO3P+. The maximum Gasteiger partial charge on any atom is 0.561 e. The van der Waals surface area contributed by atoms with E-state index in [4.69, 9.17) is 13.6 Å². The van der Waals surface area contributed by atoms with Crippen LogP contribution in [0.25, 0.3) is 5.57 Å². The molecule has 0 spiro atoms. The second-order valence-corrected chi connectivity index (χ2v) is 6.95. The molecule has 0 saturated heterocycles. The Morgan fingerprint density at radius 1 is 0.760 bits per heavy atom. The van der Waals surface area contributed by atoms with Gasteiger partial charge < -0.3 is 0 Å². The molecule has 0 heterocycles. The Morgan fingerprint density at radius 2 is 1.16 bits per heavy atom. The van der Waals surface area contributed by atoms with Crippen LogP contribution >= 0.6 is 8.09 Å². The molecule has 0 saturated carbocycles. The largest absolute Gasteiger partial charge is 0.561 e. The average molecular weight is 358 g/mol. The van der Waals surface area contributed by atoms with Crippen molar-refractivity contribution in [3.63, 3.8) is 0 Å². The molecule has 0 aromatic heterocycles. The van der Waals surface area contributed by atoms with Gasteiger partial charge in [-0.15, -0.1) is 0 Å². The van der Waals surface area contributed by atoms with E-state index in [1.807, 2.05) is 81.4 Å². The minimum absolute atomic E-state index is 0.463. The van der Waals surface area contributed by atoms with Crippen molar-refractivity contribution in [2.45, 2.75) is 20.8 Å². The van der Waals surface area contributed by atoms with Crippen LogP contribution < -0.4 is 0 Å². The van der Waals surface area contributed by atoms with E-state index in [2.05, 4.69) is 10.6 Å². The molecule has 0 N–H and O–H groups in total. The number of nitrogens with zero attached hydrogens (tertiary/aromatic N) is 1. The first-order valence-corrected chi connectivity index (χ1v) is 10.0. The summed E-state index contributed by atoms with van der Waals surface area (Å²) in [4.78, 5) is 0.